The zero-order valence-corrected chi connectivity index (χ0v) is 14.4. The van der Waals surface area contributed by atoms with Gasteiger partial charge < -0.3 is 10.0 Å². The van der Waals surface area contributed by atoms with Gasteiger partial charge >= 0.3 is 6.09 Å². The Morgan fingerprint density at radius 3 is 2.19 bits per heavy atom. The van der Waals surface area contributed by atoms with E-state index in [0.29, 0.717) is 0 Å². The number of alkyl halides is 2. The van der Waals surface area contributed by atoms with Crippen LogP contribution < -0.4 is 0 Å². The molecule has 0 saturated carbocycles. The Balaban J connectivity index is 1.89. The van der Waals surface area contributed by atoms with Gasteiger partial charge in [-0.1, -0.05) is 12.1 Å². The lowest BCUT2D eigenvalue weighted by molar-refractivity contribution is -0.151. The molecule has 2 unspecified atom stereocenters. The fraction of sp³-hybridized carbons (Fsp3) is 0.471. The molecule has 1 N–H and O–H groups in total. The van der Waals surface area contributed by atoms with E-state index in [2.05, 4.69) is 0 Å². The number of carbonyl (C=O) groups is 3. The standard InChI is InChI=1S/C17H19F2N3O4/c1-20(2)13-9-21(16(25)26)7-10(17(13,18)19)8-22-14(23)11-5-3-4-6-12(11)15(22)24/h3-6,10,13H,7-9H2,1-2H3,(H,25,26). The van der Waals surface area contributed by atoms with Crippen molar-refractivity contribution in [2.45, 2.75) is 12.0 Å². The number of carbonyl (C=O) groups excluding carboxylic acids is 2. The number of carboxylic acid groups (broad SMARTS) is 1. The molecule has 2 aliphatic heterocycles. The lowest BCUT2D eigenvalue weighted by Gasteiger charge is -2.45. The topological polar surface area (TPSA) is 81.2 Å². The van der Waals surface area contributed by atoms with Crippen LogP contribution in [0.15, 0.2) is 24.3 Å². The van der Waals surface area contributed by atoms with Crippen molar-refractivity contribution in [2.24, 2.45) is 5.92 Å². The highest BCUT2D eigenvalue weighted by Gasteiger charge is 2.55. The number of piperidine rings is 1. The highest BCUT2D eigenvalue weighted by molar-refractivity contribution is 6.21. The van der Waals surface area contributed by atoms with Crippen molar-refractivity contribution in [3.05, 3.63) is 35.4 Å². The Morgan fingerprint density at radius 2 is 1.73 bits per heavy atom. The van der Waals surface area contributed by atoms with E-state index in [0.717, 1.165) is 9.80 Å². The summed E-state index contributed by atoms with van der Waals surface area (Å²) in [6.07, 6.45) is -1.31. The van der Waals surface area contributed by atoms with Gasteiger partial charge in [0.05, 0.1) is 23.1 Å². The van der Waals surface area contributed by atoms with Crippen LogP contribution in [0.25, 0.3) is 0 Å². The van der Waals surface area contributed by atoms with E-state index in [4.69, 9.17) is 0 Å². The van der Waals surface area contributed by atoms with Gasteiger partial charge in [0.15, 0.2) is 0 Å². The predicted octanol–water partition coefficient (Wildman–Crippen LogP) is 1.46. The number of halogens is 2. The molecule has 2 aliphatic rings. The van der Waals surface area contributed by atoms with Crippen LogP contribution in [0.4, 0.5) is 13.6 Å². The molecule has 2 atom stereocenters. The maximum absolute atomic E-state index is 14.9. The number of hydrogen-bond acceptors (Lipinski definition) is 4. The van der Waals surface area contributed by atoms with Crippen LogP contribution in [0.1, 0.15) is 20.7 Å². The normalized spacial score (nSPS) is 25.0. The molecule has 3 rings (SSSR count). The van der Waals surface area contributed by atoms with Crippen LogP contribution in [0.5, 0.6) is 0 Å². The van der Waals surface area contributed by atoms with Gasteiger partial charge in [0, 0.05) is 19.6 Å². The maximum Gasteiger partial charge on any atom is 0.407 e. The molecule has 0 aromatic heterocycles. The molecule has 9 heteroatoms. The van der Waals surface area contributed by atoms with E-state index in [9.17, 15) is 28.3 Å². The SMILES string of the molecule is CN(C)C1CN(C(=O)O)CC(CN2C(=O)c3ccccc3C2=O)C1(F)F. The molecular weight excluding hydrogens is 348 g/mol. The molecule has 3 amide bonds. The number of rotatable bonds is 3. The van der Waals surface area contributed by atoms with E-state index >= 15 is 0 Å². The van der Waals surface area contributed by atoms with Gasteiger partial charge in [-0.2, -0.15) is 0 Å². The average molecular weight is 367 g/mol. The van der Waals surface area contributed by atoms with Gasteiger partial charge in [0.25, 0.3) is 17.7 Å². The first-order valence-corrected chi connectivity index (χ1v) is 8.12. The summed E-state index contributed by atoms with van der Waals surface area (Å²) in [5, 5.41) is 9.25. The molecule has 140 valence electrons. The number of likely N-dealkylation sites (tertiary alicyclic amines) is 1. The minimum Gasteiger partial charge on any atom is -0.465 e. The largest absolute Gasteiger partial charge is 0.465 e. The van der Waals surface area contributed by atoms with E-state index in [-0.39, 0.29) is 17.7 Å². The lowest BCUT2D eigenvalue weighted by Crippen LogP contribution is -2.64. The Bertz CT molecular complexity index is 733. The molecule has 0 bridgehead atoms. The van der Waals surface area contributed by atoms with Crippen molar-refractivity contribution in [2.75, 3.05) is 33.7 Å². The van der Waals surface area contributed by atoms with Crippen molar-refractivity contribution in [3.63, 3.8) is 0 Å². The molecule has 1 saturated heterocycles. The van der Waals surface area contributed by atoms with Crippen LogP contribution in [0.3, 0.4) is 0 Å². The van der Waals surface area contributed by atoms with Gasteiger partial charge in [0.1, 0.15) is 0 Å². The minimum absolute atomic E-state index is 0.177. The number of amides is 3. The van der Waals surface area contributed by atoms with Crippen LogP contribution in [0, 0.1) is 5.92 Å². The first kappa shape index (κ1) is 18.2. The Hall–Kier alpha value is -2.55. The second-order valence-corrected chi connectivity index (χ2v) is 6.80. The third kappa shape index (κ3) is 2.82. The smallest absolute Gasteiger partial charge is 0.407 e. The first-order valence-electron chi connectivity index (χ1n) is 8.12. The van der Waals surface area contributed by atoms with Gasteiger partial charge in [-0.05, 0) is 26.2 Å². The number of fused-ring (bicyclic) bond motifs is 1. The fourth-order valence-corrected chi connectivity index (χ4v) is 3.53. The molecule has 0 spiro atoms. The molecule has 1 fully saturated rings. The number of likely N-dealkylation sites (N-methyl/N-ethyl adjacent to an activating group) is 1. The van der Waals surface area contributed by atoms with Gasteiger partial charge in [-0.25, -0.2) is 13.6 Å². The lowest BCUT2D eigenvalue weighted by atomic mass is 9.88. The van der Waals surface area contributed by atoms with Gasteiger partial charge in [-0.15, -0.1) is 0 Å². The fourth-order valence-electron chi connectivity index (χ4n) is 3.53. The van der Waals surface area contributed by atoms with Crippen LogP contribution >= 0.6 is 0 Å². The van der Waals surface area contributed by atoms with Crippen LogP contribution in [-0.2, 0) is 0 Å². The van der Waals surface area contributed by atoms with Crippen molar-refractivity contribution >= 4 is 17.9 Å². The van der Waals surface area contributed by atoms with E-state index < -0.39 is 48.9 Å². The first-order chi connectivity index (χ1) is 12.1. The molecular formula is C17H19F2N3O4. The highest BCUT2D eigenvalue weighted by Crippen LogP contribution is 2.37. The average Bonchev–Trinajstić information content (AvgIpc) is 2.81. The second kappa shape index (κ2) is 6.31. The molecule has 0 aliphatic carbocycles. The molecule has 26 heavy (non-hydrogen) atoms. The number of benzene rings is 1. The summed E-state index contributed by atoms with van der Waals surface area (Å²) >= 11 is 0. The summed E-state index contributed by atoms with van der Waals surface area (Å²) in [6, 6.07) is 4.79. The Labute approximate surface area is 148 Å². The zero-order valence-electron chi connectivity index (χ0n) is 14.4. The summed E-state index contributed by atoms with van der Waals surface area (Å²) in [5.41, 5.74) is 0.353. The van der Waals surface area contributed by atoms with Crippen LogP contribution in [0.2, 0.25) is 0 Å². The van der Waals surface area contributed by atoms with Crippen molar-refractivity contribution in [3.8, 4) is 0 Å². The van der Waals surface area contributed by atoms with E-state index in [1.165, 1.54) is 31.1 Å². The van der Waals surface area contributed by atoms with Crippen molar-refractivity contribution < 1.29 is 28.3 Å². The highest BCUT2D eigenvalue weighted by atomic mass is 19.3. The summed E-state index contributed by atoms with van der Waals surface area (Å²) in [4.78, 5) is 39.2. The van der Waals surface area contributed by atoms with E-state index in [1.807, 2.05) is 0 Å². The summed E-state index contributed by atoms with van der Waals surface area (Å²) in [7, 11) is 2.89. The quantitative estimate of drug-likeness (QED) is 0.818. The maximum atomic E-state index is 14.9. The Morgan fingerprint density at radius 1 is 1.19 bits per heavy atom. The monoisotopic (exact) mass is 367 g/mol. The van der Waals surface area contributed by atoms with Gasteiger partial charge in [0.2, 0.25) is 0 Å². The predicted molar refractivity (Wildman–Crippen MR) is 87.3 cm³/mol. The Kier molecular flexibility index (Phi) is 4.43. The second-order valence-electron chi connectivity index (χ2n) is 6.80. The third-order valence-corrected chi connectivity index (χ3v) is 5.00. The molecule has 1 aromatic rings. The molecule has 2 heterocycles. The number of nitrogens with zero attached hydrogens (tertiary/aromatic N) is 3. The molecule has 0 radical (unpaired) electrons. The van der Waals surface area contributed by atoms with Crippen molar-refractivity contribution in [1.29, 1.82) is 0 Å². The van der Waals surface area contributed by atoms with Crippen LogP contribution in [-0.4, -0.2) is 83.4 Å². The number of hydrogen-bond donors (Lipinski definition) is 1. The summed E-state index contributed by atoms with van der Waals surface area (Å²) < 4.78 is 29.9. The molecule has 7 nitrogen and oxygen atoms in total. The minimum atomic E-state index is -3.26. The number of imide groups is 1. The van der Waals surface area contributed by atoms with Crippen molar-refractivity contribution in [1.82, 2.24) is 14.7 Å². The zero-order chi connectivity index (χ0) is 19.2. The summed E-state index contributed by atoms with van der Waals surface area (Å²) in [6.45, 7) is -1.32. The third-order valence-electron chi connectivity index (χ3n) is 5.00. The van der Waals surface area contributed by atoms with Gasteiger partial charge in [-0.3, -0.25) is 19.4 Å². The van der Waals surface area contributed by atoms with E-state index in [1.54, 1.807) is 12.1 Å². The summed E-state index contributed by atoms with van der Waals surface area (Å²) in [5.74, 6) is -6.00. The molecule has 1 aromatic carbocycles.